The summed E-state index contributed by atoms with van der Waals surface area (Å²) in [4.78, 5) is 3.15. The van der Waals surface area contributed by atoms with Crippen molar-refractivity contribution >= 4 is 0 Å². The number of benzene rings is 1. The van der Waals surface area contributed by atoms with Crippen molar-refractivity contribution in [2.45, 2.75) is 295 Å². The van der Waals surface area contributed by atoms with Gasteiger partial charge in [-0.25, -0.2) is 0 Å². The predicted molar refractivity (Wildman–Crippen MR) is 242 cm³/mol. The van der Waals surface area contributed by atoms with E-state index in [4.69, 9.17) is 0 Å². The van der Waals surface area contributed by atoms with Crippen molar-refractivity contribution in [3.63, 3.8) is 0 Å². The van der Waals surface area contributed by atoms with Gasteiger partial charge in [0.25, 0.3) is 0 Å². The van der Waals surface area contributed by atoms with Crippen molar-refractivity contribution in [3.8, 4) is 0 Å². The summed E-state index contributed by atoms with van der Waals surface area (Å²) in [5.41, 5.74) is 1.71. The molecule has 2 heteroatoms. The van der Waals surface area contributed by atoms with Crippen LogP contribution in [0, 0.1) is 0 Å². The van der Waals surface area contributed by atoms with Gasteiger partial charge in [0, 0.05) is 17.6 Å². The maximum atomic E-state index is 12.1. The van der Waals surface area contributed by atoms with Crippen LogP contribution < -0.4 is 0 Å². The first-order chi connectivity index (χ1) is 26.6. The van der Waals surface area contributed by atoms with Crippen molar-refractivity contribution in [2.24, 2.45) is 0 Å². The van der Waals surface area contributed by atoms with Crippen LogP contribution in [0.3, 0.4) is 0 Å². The molecule has 1 aromatic carbocycles. The summed E-state index contributed by atoms with van der Waals surface area (Å²) in [5.74, 6) is 0. The standard InChI is InChI=1S/C52H97NO/c1-5-9-13-17-21-25-29-36-42-51(43-37-30-26-22-18-14-10-6-2)46-50(54)47-52(44-38-31-27-23-19-15-11-7-3,45-39-32-28-24-20-16-12-8-4)53(51)48-49-40-34-33-35-41-49/h33-35,40-41,50,54H,5-32,36-39,42-48H2,1-4H3. The molecule has 54 heavy (non-hydrogen) atoms. The highest BCUT2D eigenvalue weighted by atomic mass is 16.3. The first-order valence-electron chi connectivity index (χ1n) is 25.1. The Morgan fingerprint density at radius 3 is 0.944 bits per heavy atom. The Morgan fingerprint density at radius 1 is 0.407 bits per heavy atom. The zero-order chi connectivity index (χ0) is 38.8. The number of aliphatic hydroxyl groups excluding tert-OH is 1. The van der Waals surface area contributed by atoms with E-state index in [2.05, 4.69) is 62.9 Å². The Morgan fingerprint density at radius 2 is 0.667 bits per heavy atom. The topological polar surface area (TPSA) is 23.5 Å². The zero-order valence-corrected chi connectivity index (χ0v) is 37.4. The molecule has 0 spiro atoms. The predicted octanol–water partition coefficient (Wildman–Crippen LogP) is 17.2. The average Bonchev–Trinajstić information content (AvgIpc) is 3.18. The van der Waals surface area contributed by atoms with Crippen LogP contribution in [0.4, 0.5) is 0 Å². The van der Waals surface area contributed by atoms with Gasteiger partial charge in [0.1, 0.15) is 0 Å². The lowest BCUT2D eigenvalue weighted by molar-refractivity contribution is -0.133. The molecule has 1 aromatic rings. The molecule has 0 aromatic heterocycles. The molecule has 1 aliphatic rings. The van der Waals surface area contributed by atoms with Gasteiger partial charge < -0.3 is 5.11 Å². The van der Waals surface area contributed by atoms with Crippen LogP contribution in [-0.4, -0.2) is 27.2 Å². The van der Waals surface area contributed by atoms with Crippen molar-refractivity contribution in [1.29, 1.82) is 0 Å². The van der Waals surface area contributed by atoms with Gasteiger partial charge in [-0.3, -0.25) is 4.90 Å². The van der Waals surface area contributed by atoms with Crippen LogP contribution in [0.25, 0.3) is 0 Å². The van der Waals surface area contributed by atoms with Crippen LogP contribution in [0.5, 0.6) is 0 Å². The molecule has 1 fully saturated rings. The Kier molecular flexibility index (Phi) is 30.3. The minimum Gasteiger partial charge on any atom is -0.393 e. The average molecular weight is 752 g/mol. The minimum absolute atomic E-state index is 0.109. The molecule has 0 bridgehead atoms. The van der Waals surface area contributed by atoms with Gasteiger partial charge in [-0.15, -0.1) is 0 Å². The van der Waals surface area contributed by atoms with E-state index in [9.17, 15) is 5.11 Å². The summed E-state index contributed by atoms with van der Waals surface area (Å²) in [6, 6.07) is 11.5. The largest absolute Gasteiger partial charge is 0.393 e. The number of likely N-dealkylation sites (tertiary alicyclic amines) is 1. The Balaban J connectivity index is 2.34. The third-order valence-electron chi connectivity index (χ3n) is 13.5. The SMILES string of the molecule is CCCCCCCCCCC1(CCCCCCCCCC)CC(O)CC(CCCCCCCCCC)(CCCCCCCCCC)N1Cc1ccccc1. The molecule has 0 amide bonds. The van der Waals surface area contributed by atoms with Gasteiger partial charge in [-0.2, -0.15) is 0 Å². The number of unbranched alkanes of at least 4 members (excludes halogenated alkanes) is 28. The van der Waals surface area contributed by atoms with Crippen molar-refractivity contribution < 1.29 is 5.11 Å². The first kappa shape index (κ1) is 49.3. The van der Waals surface area contributed by atoms with Gasteiger partial charge in [0.15, 0.2) is 0 Å². The summed E-state index contributed by atoms with van der Waals surface area (Å²) in [6.07, 6.45) is 51.1. The van der Waals surface area contributed by atoms with Crippen molar-refractivity contribution in [2.75, 3.05) is 0 Å². The molecule has 1 aliphatic heterocycles. The third kappa shape index (κ3) is 21.6. The van der Waals surface area contributed by atoms with Gasteiger partial charge in [0.2, 0.25) is 0 Å². The van der Waals surface area contributed by atoms with E-state index >= 15 is 0 Å². The molecular formula is C52H97NO. The second-order valence-corrected chi connectivity index (χ2v) is 18.5. The molecule has 0 radical (unpaired) electrons. The molecule has 0 aliphatic carbocycles. The maximum Gasteiger partial charge on any atom is 0.0575 e. The second-order valence-electron chi connectivity index (χ2n) is 18.5. The highest BCUT2D eigenvalue weighted by Gasteiger charge is 2.52. The van der Waals surface area contributed by atoms with Crippen LogP contribution in [0.1, 0.15) is 277 Å². The fourth-order valence-electron chi connectivity index (χ4n) is 10.3. The van der Waals surface area contributed by atoms with Gasteiger partial charge in [-0.05, 0) is 44.1 Å². The summed E-state index contributed by atoms with van der Waals surface area (Å²) >= 11 is 0. The molecule has 0 saturated carbocycles. The molecular weight excluding hydrogens is 655 g/mol. The lowest BCUT2D eigenvalue weighted by Crippen LogP contribution is -2.66. The molecule has 1 saturated heterocycles. The summed E-state index contributed by atoms with van der Waals surface area (Å²) < 4.78 is 0. The molecule has 2 rings (SSSR count). The summed E-state index contributed by atoms with van der Waals surface area (Å²) in [6.45, 7) is 10.4. The Labute approximate surface area is 340 Å². The summed E-state index contributed by atoms with van der Waals surface area (Å²) in [7, 11) is 0. The van der Waals surface area contributed by atoms with E-state index in [1.165, 1.54) is 237 Å². The van der Waals surface area contributed by atoms with Gasteiger partial charge in [0.05, 0.1) is 6.10 Å². The number of rotatable bonds is 38. The normalized spacial score (nSPS) is 16.0. The Hall–Kier alpha value is -0.860. The molecule has 316 valence electrons. The van der Waals surface area contributed by atoms with Crippen LogP contribution in [-0.2, 0) is 6.54 Å². The molecule has 1 heterocycles. The second kappa shape index (κ2) is 33.1. The summed E-state index contributed by atoms with van der Waals surface area (Å²) in [5, 5.41) is 12.1. The lowest BCUT2D eigenvalue weighted by Gasteiger charge is -2.60. The van der Waals surface area contributed by atoms with E-state index in [-0.39, 0.29) is 17.2 Å². The van der Waals surface area contributed by atoms with E-state index in [0.29, 0.717) is 0 Å². The van der Waals surface area contributed by atoms with Crippen LogP contribution >= 0.6 is 0 Å². The number of aliphatic hydroxyl groups is 1. The van der Waals surface area contributed by atoms with Crippen LogP contribution in [0.15, 0.2) is 30.3 Å². The lowest BCUT2D eigenvalue weighted by atomic mass is 9.67. The highest BCUT2D eigenvalue weighted by molar-refractivity contribution is 5.18. The fraction of sp³-hybridized carbons (Fsp3) is 0.885. The van der Waals surface area contributed by atoms with Crippen LogP contribution in [0.2, 0.25) is 0 Å². The van der Waals surface area contributed by atoms with E-state index in [1.54, 1.807) is 0 Å². The fourth-order valence-corrected chi connectivity index (χ4v) is 10.3. The van der Waals surface area contributed by atoms with E-state index in [1.807, 2.05) is 0 Å². The first-order valence-corrected chi connectivity index (χ1v) is 25.1. The maximum absolute atomic E-state index is 12.1. The smallest absolute Gasteiger partial charge is 0.0575 e. The van der Waals surface area contributed by atoms with E-state index in [0.717, 1.165) is 19.4 Å². The third-order valence-corrected chi connectivity index (χ3v) is 13.5. The number of nitrogens with zero attached hydrogens (tertiary/aromatic N) is 1. The Bertz CT molecular complexity index is 834. The van der Waals surface area contributed by atoms with E-state index < -0.39 is 0 Å². The molecule has 0 unspecified atom stereocenters. The highest BCUT2D eigenvalue weighted by Crippen LogP contribution is 2.50. The number of hydrogen-bond acceptors (Lipinski definition) is 2. The molecule has 1 N–H and O–H groups in total. The quantitative estimate of drug-likeness (QED) is 0.0680. The molecule has 2 nitrogen and oxygen atoms in total. The number of piperidine rings is 1. The van der Waals surface area contributed by atoms with Crippen molar-refractivity contribution in [3.05, 3.63) is 35.9 Å². The monoisotopic (exact) mass is 752 g/mol. The molecule has 0 atom stereocenters. The van der Waals surface area contributed by atoms with Crippen molar-refractivity contribution in [1.82, 2.24) is 4.90 Å². The number of hydrogen-bond donors (Lipinski definition) is 1. The minimum atomic E-state index is -0.164. The van der Waals surface area contributed by atoms with Gasteiger partial charge >= 0.3 is 0 Å². The zero-order valence-electron chi connectivity index (χ0n) is 37.4. The van der Waals surface area contributed by atoms with Gasteiger partial charge in [-0.1, -0.05) is 263 Å².